The van der Waals surface area contributed by atoms with Gasteiger partial charge in [-0.15, -0.1) is 0 Å². The Morgan fingerprint density at radius 2 is 1.56 bits per heavy atom. The smallest absolute Gasteiger partial charge is 0.416 e. The third-order valence-electron chi connectivity index (χ3n) is 5.80. The number of nitrogens with zero attached hydrogens (tertiary/aromatic N) is 1. The predicted octanol–water partition coefficient (Wildman–Crippen LogP) is 4.69. The molecule has 2 aromatic carbocycles. The Morgan fingerprint density at radius 3 is 1.97 bits per heavy atom. The van der Waals surface area contributed by atoms with Crippen molar-refractivity contribution in [1.29, 1.82) is 0 Å². The molecule has 0 saturated heterocycles. The zero-order valence-corrected chi connectivity index (χ0v) is 19.0. The van der Waals surface area contributed by atoms with Gasteiger partial charge in [-0.2, -0.15) is 13.2 Å². The van der Waals surface area contributed by atoms with Crippen LogP contribution in [0, 0.1) is 15.5 Å². The molecule has 0 amide bonds. The van der Waals surface area contributed by atoms with Crippen LogP contribution in [-0.4, -0.2) is 38.2 Å². The minimum absolute atomic E-state index is 0.143. The van der Waals surface area contributed by atoms with E-state index < -0.39 is 52.0 Å². The summed E-state index contributed by atoms with van der Waals surface area (Å²) in [5.41, 5.74) is -3.61. The summed E-state index contributed by atoms with van der Waals surface area (Å²) in [6.45, 7) is 1.52. The van der Waals surface area contributed by atoms with Gasteiger partial charge in [0.25, 0.3) is 5.69 Å². The number of hydrogen-bond acceptors (Lipinski definition) is 7. The van der Waals surface area contributed by atoms with Crippen molar-refractivity contribution in [3.63, 3.8) is 0 Å². The van der Waals surface area contributed by atoms with E-state index in [0.717, 1.165) is 20.3 Å². The Balaban J connectivity index is 2.83. The van der Waals surface area contributed by atoms with E-state index in [4.69, 9.17) is 14.2 Å². The maximum absolute atomic E-state index is 13.4. The Kier molecular flexibility index (Phi) is 8.25. The van der Waals surface area contributed by atoms with Crippen LogP contribution in [0.4, 0.5) is 18.9 Å². The van der Waals surface area contributed by atoms with E-state index in [2.05, 4.69) is 0 Å². The molecule has 8 nitrogen and oxygen atoms in total. The molecule has 0 aliphatic heterocycles. The van der Waals surface area contributed by atoms with E-state index in [1.807, 2.05) is 0 Å². The molecule has 0 aromatic heterocycles. The van der Waals surface area contributed by atoms with E-state index in [-0.39, 0.29) is 12.0 Å². The van der Waals surface area contributed by atoms with Gasteiger partial charge < -0.3 is 14.2 Å². The van der Waals surface area contributed by atoms with Crippen LogP contribution in [0.5, 0.6) is 5.75 Å². The fraction of sp³-hybridized carbons (Fsp3) is 0.391. The first-order valence-electron chi connectivity index (χ1n) is 10.1. The van der Waals surface area contributed by atoms with E-state index >= 15 is 0 Å². The SMILES string of the molecule is CCC(C(=O)OC)(C(=O)OC)C(Cc1cc(C(F)(F)F)ccc1[N+](=O)[O-])c1ccc(OC)cc1. The average molecular weight is 483 g/mol. The lowest BCUT2D eigenvalue weighted by Crippen LogP contribution is -2.46. The second kappa shape index (κ2) is 10.5. The molecule has 2 rings (SSSR count). The molecule has 1 unspecified atom stereocenters. The predicted molar refractivity (Wildman–Crippen MR) is 114 cm³/mol. The quantitative estimate of drug-likeness (QED) is 0.221. The van der Waals surface area contributed by atoms with Crippen molar-refractivity contribution in [3.05, 3.63) is 69.3 Å². The Labute approximate surface area is 193 Å². The number of benzene rings is 2. The van der Waals surface area contributed by atoms with Crippen molar-refractivity contribution in [2.45, 2.75) is 31.9 Å². The second-order valence-corrected chi connectivity index (χ2v) is 7.44. The van der Waals surface area contributed by atoms with Crippen molar-refractivity contribution in [2.24, 2.45) is 5.41 Å². The molecule has 0 bridgehead atoms. The topological polar surface area (TPSA) is 105 Å². The van der Waals surface area contributed by atoms with Gasteiger partial charge in [0.2, 0.25) is 0 Å². The van der Waals surface area contributed by atoms with Crippen molar-refractivity contribution in [2.75, 3.05) is 21.3 Å². The van der Waals surface area contributed by atoms with Crippen LogP contribution in [0.2, 0.25) is 0 Å². The monoisotopic (exact) mass is 483 g/mol. The summed E-state index contributed by atoms with van der Waals surface area (Å²) in [6, 6.07) is 8.16. The fourth-order valence-electron chi connectivity index (χ4n) is 4.00. The normalized spacial score (nSPS) is 12.6. The van der Waals surface area contributed by atoms with E-state index in [9.17, 15) is 32.9 Å². The highest BCUT2D eigenvalue weighted by Gasteiger charge is 2.54. The lowest BCUT2D eigenvalue weighted by Gasteiger charge is -2.35. The number of esters is 2. The first-order valence-corrected chi connectivity index (χ1v) is 10.1. The van der Waals surface area contributed by atoms with E-state index in [1.165, 1.54) is 38.3 Å². The summed E-state index contributed by atoms with van der Waals surface area (Å²) in [5, 5.41) is 11.6. The molecule has 0 aliphatic carbocycles. The van der Waals surface area contributed by atoms with Gasteiger partial charge in [0.05, 0.1) is 31.8 Å². The van der Waals surface area contributed by atoms with Crippen LogP contribution < -0.4 is 4.74 Å². The molecule has 1 atom stereocenters. The molecule has 0 radical (unpaired) electrons. The fourth-order valence-corrected chi connectivity index (χ4v) is 4.00. The Morgan fingerprint density at radius 1 is 1.00 bits per heavy atom. The molecule has 0 spiro atoms. The number of carbonyl (C=O) groups excluding carboxylic acids is 2. The number of carbonyl (C=O) groups is 2. The summed E-state index contributed by atoms with van der Waals surface area (Å²) < 4.78 is 55.0. The van der Waals surface area contributed by atoms with Gasteiger partial charge in [0.1, 0.15) is 5.75 Å². The summed E-state index contributed by atoms with van der Waals surface area (Å²) >= 11 is 0. The van der Waals surface area contributed by atoms with Gasteiger partial charge in [0.15, 0.2) is 5.41 Å². The van der Waals surface area contributed by atoms with Gasteiger partial charge in [-0.25, -0.2) is 0 Å². The largest absolute Gasteiger partial charge is 0.497 e. The van der Waals surface area contributed by atoms with Crippen LogP contribution in [0.15, 0.2) is 42.5 Å². The molecule has 11 heteroatoms. The molecular formula is C23H24F3NO7. The van der Waals surface area contributed by atoms with Gasteiger partial charge in [-0.05, 0) is 42.7 Å². The van der Waals surface area contributed by atoms with Crippen molar-refractivity contribution in [3.8, 4) is 5.75 Å². The number of hydrogen-bond donors (Lipinski definition) is 0. The van der Waals surface area contributed by atoms with E-state index in [1.54, 1.807) is 0 Å². The highest BCUT2D eigenvalue weighted by molar-refractivity contribution is 6.01. The lowest BCUT2D eigenvalue weighted by atomic mass is 9.67. The lowest BCUT2D eigenvalue weighted by molar-refractivity contribution is -0.385. The van der Waals surface area contributed by atoms with Gasteiger partial charge >= 0.3 is 18.1 Å². The van der Waals surface area contributed by atoms with E-state index in [0.29, 0.717) is 23.4 Å². The number of alkyl halides is 3. The standard InChI is InChI=1S/C23H24F3NO7/c1-5-22(20(28)33-3,21(29)34-4)18(14-6-9-17(32-2)10-7-14)13-15-12-16(23(24,25)26)8-11-19(15)27(30)31/h6-12,18H,5,13H2,1-4H3. The van der Waals surface area contributed by atoms with Crippen LogP contribution in [0.25, 0.3) is 0 Å². The zero-order chi connectivity index (χ0) is 25.7. The molecule has 34 heavy (non-hydrogen) atoms. The molecule has 0 fully saturated rings. The number of methoxy groups -OCH3 is 3. The van der Waals surface area contributed by atoms with Crippen molar-refractivity contribution >= 4 is 17.6 Å². The third kappa shape index (κ3) is 5.13. The van der Waals surface area contributed by atoms with Gasteiger partial charge in [-0.3, -0.25) is 19.7 Å². The van der Waals surface area contributed by atoms with Crippen LogP contribution >= 0.6 is 0 Å². The highest BCUT2D eigenvalue weighted by Crippen LogP contribution is 2.45. The van der Waals surface area contributed by atoms with Gasteiger partial charge in [-0.1, -0.05) is 19.1 Å². The van der Waals surface area contributed by atoms with Crippen LogP contribution in [0.3, 0.4) is 0 Å². The average Bonchev–Trinajstić information content (AvgIpc) is 2.82. The molecule has 0 saturated carbocycles. The molecule has 2 aromatic rings. The van der Waals surface area contributed by atoms with Gasteiger partial charge in [0, 0.05) is 17.5 Å². The summed E-state index contributed by atoms with van der Waals surface area (Å²) in [7, 11) is 3.55. The maximum atomic E-state index is 13.4. The Hall–Kier alpha value is -3.63. The molecule has 0 aliphatic rings. The number of nitro benzene ring substituents is 1. The molecular weight excluding hydrogens is 459 g/mol. The Bertz CT molecular complexity index is 1040. The van der Waals surface area contributed by atoms with Crippen molar-refractivity contribution in [1.82, 2.24) is 0 Å². The first-order chi connectivity index (χ1) is 16.0. The van der Waals surface area contributed by atoms with Crippen LogP contribution in [-0.2, 0) is 31.7 Å². The minimum Gasteiger partial charge on any atom is -0.497 e. The zero-order valence-electron chi connectivity index (χ0n) is 19.0. The summed E-state index contributed by atoms with van der Waals surface area (Å²) in [6.07, 6.45) is -5.35. The summed E-state index contributed by atoms with van der Waals surface area (Å²) in [5.74, 6) is -2.66. The summed E-state index contributed by atoms with van der Waals surface area (Å²) in [4.78, 5) is 36.7. The number of halogens is 3. The maximum Gasteiger partial charge on any atom is 0.416 e. The minimum atomic E-state index is -4.76. The second-order valence-electron chi connectivity index (χ2n) is 7.44. The molecule has 0 heterocycles. The first kappa shape index (κ1) is 26.6. The highest BCUT2D eigenvalue weighted by atomic mass is 19.4. The third-order valence-corrected chi connectivity index (χ3v) is 5.80. The number of nitro groups is 1. The number of rotatable bonds is 9. The van der Waals surface area contributed by atoms with Crippen LogP contribution in [0.1, 0.15) is 36.0 Å². The molecule has 0 N–H and O–H groups in total. The molecule has 184 valence electrons. The number of ether oxygens (including phenoxy) is 3. The van der Waals surface area contributed by atoms with Crippen molar-refractivity contribution < 1.29 is 41.9 Å².